The summed E-state index contributed by atoms with van der Waals surface area (Å²) in [5.74, 6) is 0.0789. The van der Waals surface area contributed by atoms with Crippen LogP contribution in [-0.4, -0.2) is 18.7 Å². The molecule has 1 N–H and O–H groups in total. The van der Waals surface area contributed by atoms with Gasteiger partial charge < -0.3 is 5.32 Å². The molecule has 0 saturated carbocycles. The van der Waals surface area contributed by atoms with Gasteiger partial charge >= 0.3 is 0 Å². The number of aldehydes is 1. The molecule has 0 bridgehead atoms. The maximum Gasteiger partial charge on any atom is 0.284 e. The van der Waals surface area contributed by atoms with Crippen molar-refractivity contribution < 1.29 is 9.59 Å². The Balaban J connectivity index is 2.72. The lowest BCUT2D eigenvalue weighted by atomic mass is 9.84. The summed E-state index contributed by atoms with van der Waals surface area (Å²) in [6, 6.07) is 8.48. The molecule has 3 nitrogen and oxygen atoms in total. The molecule has 0 unspecified atom stereocenters. The molecule has 0 aliphatic heterocycles. The van der Waals surface area contributed by atoms with Crippen LogP contribution in [0.4, 0.5) is 0 Å². The molecule has 0 heterocycles. The van der Waals surface area contributed by atoms with Crippen molar-refractivity contribution in [1.29, 1.82) is 0 Å². The number of nitrogens with one attached hydrogen (secondary N) is 1. The van der Waals surface area contributed by atoms with Crippen LogP contribution in [0.2, 0.25) is 0 Å². The van der Waals surface area contributed by atoms with Crippen LogP contribution >= 0.6 is 0 Å². The van der Waals surface area contributed by atoms with Crippen LogP contribution in [0.3, 0.4) is 0 Å². The molecular weight excluding hydrogens is 238 g/mol. The molecule has 0 radical (unpaired) electrons. The first-order chi connectivity index (χ1) is 8.85. The largest absolute Gasteiger partial charge is 0.349 e. The number of hydrogen-bond acceptors (Lipinski definition) is 2. The van der Waals surface area contributed by atoms with Crippen LogP contribution in [0.25, 0.3) is 0 Å². The first-order valence-electron chi connectivity index (χ1n) is 6.67. The van der Waals surface area contributed by atoms with Crippen molar-refractivity contribution in [1.82, 2.24) is 5.32 Å². The van der Waals surface area contributed by atoms with Crippen LogP contribution in [0.1, 0.15) is 38.8 Å². The Morgan fingerprint density at radius 2 is 1.84 bits per heavy atom. The summed E-state index contributed by atoms with van der Waals surface area (Å²) in [7, 11) is 0. The van der Waals surface area contributed by atoms with Gasteiger partial charge in [-0.2, -0.15) is 0 Å². The maximum absolute atomic E-state index is 11.0. The Hall–Kier alpha value is -1.64. The zero-order valence-corrected chi connectivity index (χ0v) is 12.2. The molecule has 0 spiro atoms. The lowest BCUT2D eigenvalue weighted by molar-refractivity contribution is -0.131. The van der Waals surface area contributed by atoms with E-state index in [0.717, 1.165) is 12.0 Å². The second kappa shape index (κ2) is 6.50. The maximum atomic E-state index is 11.0. The van der Waals surface area contributed by atoms with Crippen LogP contribution in [0.15, 0.2) is 24.3 Å². The first kappa shape index (κ1) is 15.4. The van der Waals surface area contributed by atoms with Gasteiger partial charge in [-0.25, -0.2) is 0 Å². The van der Waals surface area contributed by atoms with Crippen molar-refractivity contribution >= 4 is 12.2 Å². The predicted octanol–water partition coefficient (Wildman–Crippen LogP) is 2.48. The smallest absolute Gasteiger partial charge is 0.284 e. The number of carbonyl (C=O) groups is 2. The zero-order chi connectivity index (χ0) is 14.5. The zero-order valence-electron chi connectivity index (χ0n) is 12.2. The van der Waals surface area contributed by atoms with Gasteiger partial charge in [0.1, 0.15) is 0 Å². The van der Waals surface area contributed by atoms with Gasteiger partial charge in [0.15, 0.2) is 0 Å². The topological polar surface area (TPSA) is 46.2 Å². The highest BCUT2D eigenvalue weighted by Gasteiger charge is 2.21. The molecule has 19 heavy (non-hydrogen) atoms. The lowest BCUT2D eigenvalue weighted by Crippen LogP contribution is -2.37. The Bertz CT molecular complexity index is 433. The molecule has 0 aliphatic rings. The Labute approximate surface area is 115 Å². The highest BCUT2D eigenvalue weighted by Crippen LogP contribution is 2.23. The summed E-state index contributed by atoms with van der Waals surface area (Å²) in [5.41, 5.74) is 2.30. The third kappa shape index (κ3) is 4.86. The normalized spacial score (nSPS) is 11.4. The highest BCUT2D eigenvalue weighted by atomic mass is 16.2. The average molecular weight is 261 g/mol. The van der Waals surface area contributed by atoms with Crippen molar-refractivity contribution in [3.8, 4) is 0 Å². The standard InChI is InChI=1S/C16H23NO2/c1-12(2)9-13-5-7-14(8-6-13)16(3,4)11-17-15(19)10-18/h5-8,10,12H,9,11H2,1-4H3,(H,17,19). The summed E-state index contributed by atoms with van der Waals surface area (Å²) in [6.45, 7) is 8.96. The van der Waals surface area contributed by atoms with E-state index in [9.17, 15) is 9.59 Å². The Morgan fingerprint density at radius 3 is 2.32 bits per heavy atom. The fraction of sp³-hybridized carbons (Fsp3) is 0.500. The number of benzene rings is 1. The molecule has 1 amide bonds. The number of rotatable bonds is 6. The van der Waals surface area contributed by atoms with Crippen molar-refractivity contribution in [3.63, 3.8) is 0 Å². The molecular formula is C16H23NO2. The van der Waals surface area contributed by atoms with E-state index in [1.807, 2.05) is 0 Å². The quantitative estimate of drug-likeness (QED) is 0.631. The Morgan fingerprint density at radius 1 is 1.26 bits per heavy atom. The molecule has 1 rings (SSSR count). The SMILES string of the molecule is CC(C)Cc1ccc(C(C)(C)CNC(=O)C=O)cc1. The van der Waals surface area contributed by atoms with E-state index in [-0.39, 0.29) is 5.41 Å². The van der Waals surface area contributed by atoms with Crippen LogP contribution in [0, 0.1) is 5.92 Å². The van der Waals surface area contributed by atoms with Gasteiger partial charge in [-0.05, 0) is 23.5 Å². The van der Waals surface area contributed by atoms with E-state index in [4.69, 9.17) is 0 Å². The van der Waals surface area contributed by atoms with Crippen LogP contribution < -0.4 is 5.32 Å². The van der Waals surface area contributed by atoms with Crippen molar-refractivity contribution in [2.75, 3.05) is 6.54 Å². The molecule has 1 aromatic rings. The minimum Gasteiger partial charge on any atom is -0.349 e. The fourth-order valence-corrected chi connectivity index (χ4v) is 2.02. The Kier molecular flexibility index (Phi) is 5.28. The minimum absolute atomic E-state index is 0.185. The van der Waals surface area contributed by atoms with Gasteiger partial charge in [0, 0.05) is 12.0 Å². The van der Waals surface area contributed by atoms with Crippen molar-refractivity contribution in [2.45, 2.75) is 39.5 Å². The van der Waals surface area contributed by atoms with E-state index in [0.29, 0.717) is 18.7 Å². The summed E-state index contributed by atoms with van der Waals surface area (Å²) in [6.07, 6.45) is 1.38. The summed E-state index contributed by atoms with van der Waals surface area (Å²) in [5, 5.41) is 2.61. The summed E-state index contributed by atoms with van der Waals surface area (Å²) in [4.78, 5) is 21.3. The van der Waals surface area contributed by atoms with Gasteiger partial charge in [0.25, 0.3) is 5.91 Å². The van der Waals surface area contributed by atoms with E-state index >= 15 is 0 Å². The molecule has 0 atom stereocenters. The summed E-state index contributed by atoms with van der Waals surface area (Å²) < 4.78 is 0. The van der Waals surface area contributed by atoms with Gasteiger partial charge in [-0.15, -0.1) is 0 Å². The molecule has 0 fully saturated rings. The van der Waals surface area contributed by atoms with E-state index in [1.165, 1.54) is 5.56 Å². The molecule has 0 aliphatic carbocycles. The number of hydrogen-bond donors (Lipinski definition) is 1. The van der Waals surface area contributed by atoms with E-state index < -0.39 is 5.91 Å². The predicted molar refractivity (Wildman–Crippen MR) is 77.1 cm³/mol. The number of amides is 1. The van der Waals surface area contributed by atoms with Gasteiger partial charge in [-0.1, -0.05) is 52.0 Å². The third-order valence-electron chi connectivity index (χ3n) is 3.19. The monoisotopic (exact) mass is 261 g/mol. The highest BCUT2D eigenvalue weighted by molar-refractivity contribution is 6.23. The van der Waals surface area contributed by atoms with E-state index in [2.05, 4.69) is 57.3 Å². The van der Waals surface area contributed by atoms with Crippen LogP contribution in [0.5, 0.6) is 0 Å². The molecule has 0 saturated heterocycles. The van der Waals surface area contributed by atoms with Gasteiger partial charge in [0.2, 0.25) is 6.29 Å². The summed E-state index contributed by atoms with van der Waals surface area (Å²) >= 11 is 0. The van der Waals surface area contributed by atoms with Crippen molar-refractivity contribution in [2.24, 2.45) is 5.92 Å². The van der Waals surface area contributed by atoms with Crippen molar-refractivity contribution in [3.05, 3.63) is 35.4 Å². The van der Waals surface area contributed by atoms with Crippen LogP contribution in [-0.2, 0) is 21.4 Å². The minimum atomic E-state index is -0.565. The molecule has 0 aromatic heterocycles. The second-order valence-electron chi connectivity index (χ2n) is 6.01. The molecule has 104 valence electrons. The second-order valence-corrected chi connectivity index (χ2v) is 6.01. The van der Waals surface area contributed by atoms with E-state index in [1.54, 1.807) is 0 Å². The average Bonchev–Trinajstić information content (AvgIpc) is 2.36. The molecule has 3 heteroatoms. The van der Waals surface area contributed by atoms with Gasteiger partial charge in [0.05, 0.1) is 0 Å². The first-order valence-corrected chi connectivity index (χ1v) is 6.67. The fourth-order valence-electron chi connectivity index (χ4n) is 2.02. The number of carbonyl (C=O) groups excluding carboxylic acids is 2. The van der Waals surface area contributed by atoms with Gasteiger partial charge in [-0.3, -0.25) is 9.59 Å². The molecule has 1 aromatic carbocycles. The third-order valence-corrected chi connectivity index (χ3v) is 3.19. The lowest BCUT2D eigenvalue weighted by Gasteiger charge is -2.25.